The maximum Gasteiger partial charge on any atom is 0.284 e. The Morgan fingerprint density at radius 1 is 1.12 bits per heavy atom. The van der Waals surface area contributed by atoms with Gasteiger partial charge in [0, 0.05) is 0 Å². The van der Waals surface area contributed by atoms with Crippen molar-refractivity contribution in [2.45, 2.75) is 29.4 Å². The van der Waals surface area contributed by atoms with E-state index in [0.29, 0.717) is 42.8 Å². The molecule has 0 atom stereocenters. The van der Waals surface area contributed by atoms with E-state index in [0.717, 1.165) is 5.56 Å². The van der Waals surface area contributed by atoms with Crippen LogP contribution in [0.3, 0.4) is 0 Å². The lowest BCUT2D eigenvalue weighted by Crippen LogP contribution is -2.16. The van der Waals surface area contributed by atoms with Gasteiger partial charge < -0.3 is 9.73 Å². The number of thioether (sulfide) groups is 1. The largest absolute Gasteiger partial charge is 0.464 e. The van der Waals surface area contributed by atoms with Crippen LogP contribution in [-0.2, 0) is 28.7 Å². The fourth-order valence-corrected chi connectivity index (χ4v) is 2.99. The molecule has 2 aromatic rings. The Balaban J connectivity index is 1.73. The predicted octanol–water partition coefficient (Wildman–Crippen LogP) is 2.72. The van der Waals surface area contributed by atoms with Crippen molar-refractivity contribution in [2.75, 3.05) is 6.54 Å². The van der Waals surface area contributed by atoms with Gasteiger partial charge >= 0.3 is 0 Å². The highest BCUT2D eigenvalue weighted by molar-refractivity contribution is 7.98. The first-order chi connectivity index (χ1) is 11.3. The van der Waals surface area contributed by atoms with E-state index in [-0.39, 0.29) is 10.6 Å². The fraction of sp³-hybridized carbons (Fsp3) is 0.333. The fourth-order valence-electron chi connectivity index (χ4n) is 2.03. The van der Waals surface area contributed by atoms with Gasteiger partial charge in [-0.25, -0.2) is 13.6 Å². The molecule has 0 spiro atoms. The number of nitrogens with two attached hydrogens (primary N) is 1. The first-order valence-corrected chi connectivity index (χ1v) is 9.74. The molecule has 1 aromatic carbocycles. The highest BCUT2D eigenvalue weighted by atomic mass is 32.2. The van der Waals surface area contributed by atoms with Crippen LogP contribution in [0.2, 0.25) is 0 Å². The van der Waals surface area contributed by atoms with Crippen molar-refractivity contribution < 1.29 is 21.6 Å². The van der Waals surface area contributed by atoms with E-state index >= 15 is 0 Å². The van der Waals surface area contributed by atoms with Crippen molar-refractivity contribution in [3.05, 3.63) is 53.5 Å². The van der Waals surface area contributed by atoms with Crippen molar-refractivity contribution in [3.63, 3.8) is 0 Å². The second kappa shape index (κ2) is 8.61. The first kappa shape index (κ1) is 18.9. The van der Waals surface area contributed by atoms with Gasteiger partial charge in [0.15, 0.2) is 0 Å². The van der Waals surface area contributed by atoms with Crippen LogP contribution in [0, 0.1) is 0 Å². The lowest BCUT2D eigenvalue weighted by atomic mass is 10.1. The van der Waals surface area contributed by atoms with Gasteiger partial charge in [0.2, 0.25) is 10.0 Å². The van der Waals surface area contributed by atoms with Gasteiger partial charge in [-0.15, -0.1) is 0 Å². The Bertz CT molecular complexity index is 746. The summed E-state index contributed by atoms with van der Waals surface area (Å²) in [7, 11) is -3.67. The van der Waals surface area contributed by atoms with Gasteiger partial charge in [0.05, 0.1) is 17.2 Å². The summed E-state index contributed by atoms with van der Waals surface area (Å²) in [6.45, 7) is 1.16. The molecule has 0 unspecified atom stereocenters. The molecule has 1 aromatic heterocycles. The molecule has 0 bridgehead atoms. The number of furan rings is 1. The zero-order valence-electron chi connectivity index (χ0n) is 12.7. The second-order valence-corrected chi connectivity index (χ2v) is 7.60. The number of hydrogen-bond acceptors (Lipinski definition) is 5. The highest BCUT2D eigenvalue weighted by Gasteiger charge is 2.08. The molecule has 0 aliphatic rings. The number of primary sulfonamides is 1. The molecule has 0 saturated heterocycles. The third kappa shape index (κ3) is 6.23. The number of alkyl halides is 2. The van der Waals surface area contributed by atoms with E-state index in [1.54, 1.807) is 24.3 Å². The van der Waals surface area contributed by atoms with Crippen LogP contribution >= 0.6 is 11.8 Å². The lowest BCUT2D eigenvalue weighted by molar-refractivity contribution is 0.251. The number of rotatable bonds is 9. The number of nitrogens with one attached hydrogen (secondary N) is 1. The van der Waals surface area contributed by atoms with E-state index in [2.05, 4.69) is 5.32 Å². The molecule has 0 fully saturated rings. The Labute approximate surface area is 143 Å². The molecule has 9 heteroatoms. The monoisotopic (exact) mass is 376 g/mol. The molecule has 2 rings (SSSR count). The summed E-state index contributed by atoms with van der Waals surface area (Å²) in [6.07, 6.45) is 0.708. The Morgan fingerprint density at radius 2 is 1.79 bits per heavy atom. The molecule has 3 N–H and O–H groups in total. The van der Waals surface area contributed by atoms with Gasteiger partial charge in [-0.2, -0.15) is 8.78 Å². The first-order valence-electron chi connectivity index (χ1n) is 7.14. The van der Waals surface area contributed by atoms with E-state index in [1.807, 2.05) is 0 Å². The molecule has 0 amide bonds. The van der Waals surface area contributed by atoms with Gasteiger partial charge in [-0.3, -0.25) is 0 Å². The minimum Gasteiger partial charge on any atom is -0.464 e. The van der Waals surface area contributed by atoms with Crippen molar-refractivity contribution in [1.82, 2.24) is 5.32 Å². The van der Waals surface area contributed by atoms with Crippen molar-refractivity contribution in [3.8, 4) is 0 Å². The number of sulfonamides is 1. The van der Waals surface area contributed by atoms with Crippen molar-refractivity contribution in [2.24, 2.45) is 5.14 Å². The highest BCUT2D eigenvalue weighted by Crippen LogP contribution is 2.21. The summed E-state index contributed by atoms with van der Waals surface area (Å²) in [5.74, 6) is -1.05. The number of benzene rings is 1. The molecular weight excluding hydrogens is 358 g/mol. The van der Waals surface area contributed by atoms with E-state index in [1.165, 1.54) is 12.1 Å². The average molecular weight is 376 g/mol. The summed E-state index contributed by atoms with van der Waals surface area (Å²) in [6, 6.07) is 9.84. The normalized spacial score (nSPS) is 12.0. The van der Waals surface area contributed by atoms with Gasteiger partial charge in [-0.1, -0.05) is 23.9 Å². The van der Waals surface area contributed by atoms with E-state index in [4.69, 9.17) is 9.56 Å². The van der Waals surface area contributed by atoms with Crippen LogP contribution in [0.15, 0.2) is 45.7 Å². The van der Waals surface area contributed by atoms with E-state index in [9.17, 15) is 17.2 Å². The third-order valence-electron chi connectivity index (χ3n) is 3.21. The summed E-state index contributed by atoms with van der Waals surface area (Å²) in [5.41, 5.74) is 0.975. The molecule has 0 saturated carbocycles. The molecule has 0 aliphatic carbocycles. The summed E-state index contributed by atoms with van der Waals surface area (Å²) < 4.78 is 52.0. The summed E-state index contributed by atoms with van der Waals surface area (Å²) in [5, 5.41) is 8.22. The minimum atomic E-state index is -3.67. The molecule has 0 aliphatic heterocycles. The minimum absolute atomic E-state index is 0.0870. The predicted molar refractivity (Wildman–Crippen MR) is 89.2 cm³/mol. The van der Waals surface area contributed by atoms with Crippen LogP contribution < -0.4 is 10.5 Å². The zero-order chi connectivity index (χ0) is 17.6. The molecule has 1 heterocycles. The standard InChI is InChI=1S/C15H18F2N2O3S2/c16-15(17)23-10-13-4-3-12(22-13)9-19-8-7-11-1-5-14(6-2-11)24(18,20)21/h1-6,15,19H,7-10H2,(H2,18,20,21). The topological polar surface area (TPSA) is 85.3 Å². The van der Waals surface area contributed by atoms with Crippen LogP contribution in [0.25, 0.3) is 0 Å². The third-order valence-corrected chi connectivity index (χ3v) is 4.84. The van der Waals surface area contributed by atoms with Crippen molar-refractivity contribution in [1.29, 1.82) is 0 Å². The smallest absolute Gasteiger partial charge is 0.284 e. The quantitative estimate of drug-likeness (QED) is 0.657. The number of hydrogen-bond donors (Lipinski definition) is 2. The average Bonchev–Trinajstić information content (AvgIpc) is 2.97. The van der Waals surface area contributed by atoms with E-state index < -0.39 is 15.8 Å². The zero-order valence-corrected chi connectivity index (χ0v) is 14.4. The summed E-state index contributed by atoms with van der Waals surface area (Å²) >= 11 is 0.527. The number of halogens is 2. The van der Waals surface area contributed by atoms with Crippen LogP contribution in [-0.4, -0.2) is 20.7 Å². The van der Waals surface area contributed by atoms with Gasteiger partial charge in [0.1, 0.15) is 11.5 Å². The SMILES string of the molecule is NS(=O)(=O)c1ccc(CCNCc2ccc(CSC(F)F)o2)cc1. The van der Waals surface area contributed by atoms with Crippen molar-refractivity contribution >= 4 is 21.8 Å². The molecular formula is C15H18F2N2O3S2. The molecule has 0 radical (unpaired) electrons. The Morgan fingerprint density at radius 3 is 2.42 bits per heavy atom. The van der Waals surface area contributed by atoms with Crippen LogP contribution in [0.1, 0.15) is 17.1 Å². The Hall–Kier alpha value is -1.42. The molecule has 24 heavy (non-hydrogen) atoms. The Kier molecular flexibility index (Phi) is 6.79. The molecule has 132 valence electrons. The van der Waals surface area contributed by atoms with Gasteiger partial charge in [0.25, 0.3) is 5.76 Å². The second-order valence-electron chi connectivity index (χ2n) is 5.06. The van der Waals surface area contributed by atoms with Crippen LogP contribution in [0.5, 0.6) is 0 Å². The lowest BCUT2D eigenvalue weighted by Gasteiger charge is -2.04. The molecule has 5 nitrogen and oxygen atoms in total. The maximum absolute atomic E-state index is 12.1. The maximum atomic E-state index is 12.1. The van der Waals surface area contributed by atoms with Gasteiger partial charge in [-0.05, 0) is 42.8 Å². The van der Waals surface area contributed by atoms with Crippen LogP contribution in [0.4, 0.5) is 8.78 Å². The summed E-state index contributed by atoms with van der Waals surface area (Å²) in [4.78, 5) is 0.0870.